The van der Waals surface area contributed by atoms with Crippen molar-refractivity contribution in [3.8, 4) is 11.8 Å². The van der Waals surface area contributed by atoms with E-state index in [2.05, 4.69) is 4.90 Å². The fourth-order valence-electron chi connectivity index (χ4n) is 6.50. The Morgan fingerprint density at radius 1 is 0.979 bits per heavy atom. The molecule has 2 amide bonds. The smallest absolute Gasteiger partial charge is 0.471 e. The highest BCUT2D eigenvalue weighted by molar-refractivity contribution is 5.95. The van der Waals surface area contributed by atoms with Crippen molar-refractivity contribution in [3.05, 3.63) is 47.7 Å². The predicted octanol–water partition coefficient (Wildman–Crippen LogP) is 4.89. The van der Waals surface area contributed by atoms with Crippen molar-refractivity contribution in [2.75, 3.05) is 55.7 Å². The SMILES string of the molecule is CC(C)(C)OC(=O)N1CCC[C@H]1COc1nc2c(c(N3CCN(C(=O)C(F)(F)F)CC3)n1)CCN(c1cc(O)cc3ccccc13)C2. The number of alkyl halides is 3. The second-order valence-electron chi connectivity index (χ2n) is 13.2. The van der Waals surface area contributed by atoms with Crippen LogP contribution in [0, 0.1) is 0 Å². The number of halogens is 3. The van der Waals surface area contributed by atoms with Gasteiger partial charge < -0.3 is 34.2 Å². The van der Waals surface area contributed by atoms with Crippen LogP contribution in [0.2, 0.25) is 0 Å². The lowest BCUT2D eigenvalue weighted by molar-refractivity contribution is -0.185. The van der Waals surface area contributed by atoms with Gasteiger partial charge in [0.1, 0.15) is 23.8 Å². The molecule has 47 heavy (non-hydrogen) atoms. The average molecular weight is 657 g/mol. The van der Waals surface area contributed by atoms with Gasteiger partial charge in [0.05, 0.1) is 18.3 Å². The lowest BCUT2D eigenvalue weighted by Crippen LogP contribution is -2.53. The van der Waals surface area contributed by atoms with E-state index in [1.54, 1.807) is 17.0 Å². The number of hydrogen-bond donors (Lipinski definition) is 1. The second-order valence-corrected chi connectivity index (χ2v) is 13.2. The summed E-state index contributed by atoms with van der Waals surface area (Å²) in [6.45, 7) is 7.26. The molecule has 11 nitrogen and oxygen atoms in total. The van der Waals surface area contributed by atoms with Gasteiger partial charge in [-0.25, -0.2) is 4.79 Å². The summed E-state index contributed by atoms with van der Waals surface area (Å²) in [5.74, 6) is -1.12. The lowest BCUT2D eigenvalue weighted by atomic mass is 10.0. The molecule has 0 bridgehead atoms. The summed E-state index contributed by atoms with van der Waals surface area (Å²) in [4.78, 5) is 40.8. The number of benzene rings is 2. The molecule has 0 radical (unpaired) electrons. The van der Waals surface area contributed by atoms with Crippen LogP contribution in [0.25, 0.3) is 10.8 Å². The monoisotopic (exact) mass is 656 g/mol. The molecule has 3 aliphatic rings. The maximum Gasteiger partial charge on any atom is 0.471 e. The fourth-order valence-corrected chi connectivity index (χ4v) is 6.50. The van der Waals surface area contributed by atoms with E-state index in [1.807, 2.05) is 49.9 Å². The molecule has 2 aromatic carbocycles. The number of anilines is 2. The van der Waals surface area contributed by atoms with Crippen LogP contribution in [0.3, 0.4) is 0 Å². The Hall–Kier alpha value is -4.49. The third-order valence-corrected chi connectivity index (χ3v) is 8.71. The molecule has 1 aromatic heterocycles. The van der Waals surface area contributed by atoms with Crippen molar-refractivity contribution < 1.29 is 37.3 Å². The standard InChI is InChI=1S/C33H39F3N6O5/c1-32(2,3)47-31(45)42-11-6-8-22(42)20-46-30-37-26-19-41(27-18-23(43)17-21-7-4-5-9-24(21)27)12-10-25(26)28(38-30)39-13-15-40(16-14-39)29(44)33(34,35)36/h4-5,7,9,17-18,22,43H,6,8,10-16,19-20H2,1-3H3/t22-/m0/s1. The van der Waals surface area contributed by atoms with Crippen LogP contribution in [0.4, 0.5) is 29.5 Å². The molecule has 0 spiro atoms. The van der Waals surface area contributed by atoms with Gasteiger partial charge in [-0.05, 0) is 51.5 Å². The molecule has 2 saturated heterocycles. The minimum Gasteiger partial charge on any atom is -0.508 e. The quantitative estimate of drug-likeness (QED) is 0.411. The molecule has 1 N–H and O–H groups in total. The summed E-state index contributed by atoms with van der Waals surface area (Å²) < 4.78 is 51.1. The summed E-state index contributed by atoms with van der Waals surface area (Å²) in [5.41, 5.74) is 1.79. The first kappa shape index (κ1) is 32.5. The number of hydrogen-bond acceptors (Lipinski definition) is 9. The van der Waals surface area contributed by atoms with Crippen LogP contribution in [-0.4, -0.2) is 101 Å². The Kier molecular flexibility index (Phi) is 8.70. The Labute approximate surface area is 270 Å². The van der Waals surface area contributed by atoms with E-state index in [0.717, 1.165) is 39.8 Å². The maximum atomic E-state index is 13.1. The lowest BCUT2D eigenvalue weighted by Gasteiger charge is -2.38. The Bertz CT molecular complexity index is 1650. The van der Waals surface area contributed by atoms with Crippen LogP contribution in [0.5, 0.6) is 11.8 Å². The molecule has 1 atom stereocenters. The minimum absolute atomic E-state index is 0.0956. The number of nitrogens with zero attached hydrogens (tertiary/aromatic N) is 6. The van der Waals surface area contributed by atoms with Gasteiger partial charge in [0.2, 0.25) is 0 Å². The summed E-state index contributed by atoms with van der Waals surface area (Å²) >= 11 is 0. The van der Waals surface area contributed by atoms with Gasteiger partial charge in [-0.1, -0.05) is 24.3 Å². The molecule has 252 valence electrons. The number of carbonyl (C=O) groups is 2. The highest BCUT2D eigenvalue weighted by atomic mass is 19.4. The van der Waals surface area contributed by atoms with Gasteiger partial charge in [0.25, 0.3) is 0 Å². The zero-order valence-electron chi connectivity index (χ0n) is 26.7. The first-order valence-corrected chi connectivity index (χ1v) is 15.9. The van der Waals surface area contributed by atoms with E-state index in [0.29, 0.717) is 37.6 Å². The molecule has 4 heterocycles. The molecule has 2 fully saturated rings. The number of ether oxygens (including phenoxy) is 2. The first-order valence-electron chi connectivity index (χ1n) is 15.9. The molecule has 6 rings (SSSR count). The number of carbonyl (C=O) groups excluding carboxylic acids is 2. The van der Waals surface area contributed by atoms with Crippen molar-refractivity contribution in [1.29, 1.82) is 0 Å². The molecule has 0 unspecified atom stereocenters. The highest BCUT2D eigenvalue weighted by Crippen LogP contribution is 2.37. The van der Waals surface area contributed by atoms with Gasteiger partial charge in [-0.3, -0.25) is 4.79 Å². The van der Waals surface area contributed by atoms with Crippen LogP contribution < -0.4 is 14.5 Å². The van der Waals surface area contributed by atoms with E-state index in [4.69, 9.17) is 19.4 Å². The van der Waals surface area contributed by atoms with Crippen molar-refractivity contribution in [2.45, 2.75) is 64.4 Å². The summed E-state index contributed by atoms with van der Waals surface area (Å²) in [6.07, 6.45) is -3.26. The third-order valence-electron chi connectivity index (χ3n) is 8.71. The predicted molar refractivity (Wildman–Crippen MR) is 169 cm³/mol. The van der Waals surface area contributed by atoms with Gasteiger partial charge in [-0.15, -0.1) is 0 Å². The van der Waals surface area contributed by atoms with E-state index in [-0.39, 0.29) is 50.6 Å². The van der Waals surface area contributed by atoms with Crippen molar-refractivity contribution in [3.63, 3.8) is 0 Å². The van der Waals surface area contributed by atoms with E-state index >= 15 is 0 Å². The summed E-state index contributed by atoms with van der Waals surface area (Å²) in [7, 11) is 0. The van der Waals surface area contributed by atoms with E-state index in [1.165, 1.54) is 0 Å². The maximum absolute atomic E-state index is 13.1. The number of likely N-dealkylation sites (tertiary alicyclic amines) is 1. The van der Waals surface area contributed by atoms with Gasteiger partial charge in [0.15, 0.2) is 0 Å². The normalized spacial score (nSPS) is 18.8. The van der Waals surface area contributed by atoms with Crippen molar-refractivity contribution in [1.82, 2.24) is 19.8 Å². The van der Waals surface area contributed by atoms with Gasteiger partial charge in [-0.2, -0.15) is 23.1 Å². The van der Waals surface area contributed by atoms with Crippen LogP contribution >= 0.6 is 0 Å². The number of phenols is 1. The van der Waals surface area contributed by atoms with Gasteiger partial charge in [0, 0.05) is 62.0 Å². The molecular formula is C33H39F3N6O5. The van der Waals surface area contributed by atoms with Crippen LogP contribution in [-0.2, 0) is 22.5 Å². The molecule has 0 saturated carbocycles. The Morgan fingerprint density at radius 2 is 1.72 bits per heavy atom. The average Bonchev–Trinajstić information content (AvgIpc) is 3.50. The van der Waals surface area contributed by atoms with E-state index in [9.17, 15) is 27.9 Å². The molecule has 14 heteroatoms. The minimum atomic E-state index is -4.93. The second kappa shape index (κ2) is 12.6. The Balaban J connectivity index is 1.27. The zero-order chi connectivity index (χ0) is 33.5. The number of piperazine rings is 1. The number of aromatic nitrogens is 2. The summed E-state index contributed by atoms with van der Waals surface area (Å²) in [6, 6.07) is 11.1. The van der Waals surface area contributed by atoms with E-state index < -0.39 is 23.8 Å². The fraction of sp³-hybridized carbons (Fsp3) is 0.515. The number of rotatable bonds is 5. The Morgan fingerprint density at radius 3 is 2.45 bits per heavy atom. The number of fused-ring (bicyclic) bond motifs is 2. The van der Waals surface area contributed by atoms with Crippen molar-refractivity contribution >= 4 is 34.3 Å². The number of amides is 2. The summed E-state index contributed by atoms with van der Waals surface area (Å²) in [5, 5.41) is 12.4. The topological polar surface area (TPSA) is 112 Å². The van der Waals surface area contributed by atoms with Crippen LogP contribution in [0.15, 0.2) is 36.4 Å². The number of phenolic OH excluding ortho intramolecular Hbond substituents is 1. The number of aromatic hydroxyl groups is 1. The highest BCUT2D eigenvalue weighted by Gasteiger charge is 2.43. The third kappa shape index (κ3) is 7.10. The van der Waals surface area contributed by atoms with Crippen LogP contribution in [0.1, 0.15) is 44.9 Å². The van der Waals surface area contributed by atoms with Crippen molar-refractivity contribution in [2.24, 2.45) is 0 Å². The molecule has 0 aliphatic carbocycles. The largest absolute Gasteiger partial charge is 0.508 e. The van der Waals surface area contributed by atoms with Gasteiger partial charge >= 0.3 is 24.2 Å². The first-order chi connectivity index (χ1) is 22.3. The molecular weight excluding hydrogens is 617 g/mol. The molecule has 3 aliphatic heterocycles. The zero-order valence-corrected chi connectivity index (χ0v) is 26.7. The molecule has 3 aromatic rings.